The highest BCUT2D eigenvalue weighted by Crippen LogP contribution is 2.30. The normalized spacial score (nSPS) is 11.8. The summed E-state index contributed by atoms with van der Waals surface area (Å²) in [5.74, 6) is 0. The Morgan fingerprint density at radius 3 is 1.78 bits per heavy atom. The van der Waals surface area contributed by atoms with Gasteiger partial charge in [0, 0.05) is 4.47 Å². The second-order valence-electron chi connectivity index (χ2n) is 7.07. The molecule has 0 saturated carbocycles. The van der Waals surface area contributed by atoms with E-state index in [-0.39, 0.29) is 11.5 Å². The van der Waals surface area contributed by atoms with Crippen LogP contribution in [0.2, 0.25) is 0 Å². The Balaban J connectivity index is 2.02. The highest BCUT2D eigenvalue weighted by Gasteiger charge is 2.19. The van der Waals surface area contributed by atoms with Crippen LogP contribution in [0.25, 0.3) is 0 Å². The van der Waals surface area contributed by atoms with E-state index in [0.29, 0.717) is 8.95 Å². The van der Waals surface area contributed by atoms with Crippen LogP contribution >= 0.6 is 31.9 Å². The number of hydrogen-bond donors (Lipinski definition) is 0. The maximum Gasteiger partial charge on any atom is 0.298 e. The Labute approximate surface area is 183 Å². The zero-order valence-electron chi connectivity index (χ0n) is 16.5. The third kappa shape index (κ3) is 11.0. The fraction of sp³-hybridized carbons (Fsp3) is 0.714. The van der Waals surface area contributed by atoms with Crippen LogP contribution in [0.1, 0.15) is 90.4 Å². The van der Waals surface area contributed by atoms with Crippen molar-refractivity contribution in [3.05, 3.63) is 27.1 Å². The first-order valence-electron chi connectivity index (χ1n) is 10.3. The van der Waals surface area contributed by atoms with Gasteiger partial charge in [-0.3, -0.25) is 4.18 Å². The highest BCUT2D eigenvalue weighted by atomic mass is 79.9. The largest absolute Gasteiger partial charge is 0.298 e. The first-order chi connectivity index (χ1) is 13.0. The summed E-state index contributed by atoms with van der Waals surface area (Å²) < 4.78 is 30.9. The molecule has 0 aromatic heterocycles. The molecule has 156 valence electrons. The minimum absolute atomic E-state index is 0.173. The van der Waals surface area contributed by atoms with Crippen molar-refractivity contribution in [2.24, 2.45) is 0 Å². The minimum atomic E-state index is -3.71. The van der Waals surface area contributed by atoms with Gasteiger partial charge in [0.25, 0.3) is 10.1 Å². The molecular formula is C21H34Br2O3S. The van der Waals surface area contributed by atoms with E-state index in [2.05, 4.69) is 38.8 Å². The van der Waals surface area contributed by atoms with Gasteiger partial charge in [-0.15, -0.1) is 0 Å². The third-order valence-electron chi connectivity index (χ3n) is 4.67. The molecule has 0 N–H and O–H groups in total. The van der Waals surface area contributed by atoms with E-state index in [9.17, 15) is 8.42 Å². The van der Waals surface area contributed by atoms with E-state index in [1.807, 2.05) is 0 Å². The first kappa shape index (κ1) is 25.1. The van der Waals surface area contributed by atoms with Crippen LogP contribution in [-0.4, -0.2) is 15.0 Å². The zero-order valence-corrected chi connectivity index (χ0v) is 20.5. The van der Waals surface area contributed by atoms with Crippen molar-refractivity contribution in [3.63, 3.8) is 0 Å². The molecule has 0 heterocycles. The fourth-order valence-electron chi connectivity index (χ4n) is 3.03. The van der Waals surface area contributed by atoms with Gasteiger partial charge in [0.05, 0.1) is 11.1 Å². The molecular weight excluding hydrogens is 492 g/mol. The van der Waals surface area contributed by atoms with Crippen LogP contribution in [0.3, 0.4) is 0 Å². The van der Waals surface area contributed by atoms with Gasteiger partial charge in [-0.1, -0.05) is 90.0 Å². The molecule has 1 aromatic rings. The molecule has 0 radical (unpaired) electrons. The number of benzene rings is 1. The molecule has 3 nitrogen and oxygen atoms in total. The Kier molecular flexibility index (Phi) is 14.0. The van der Waals surface area contributed by atoms with Crippen molar-refractivity contribution in [3.8, 4) is 0 Å². The Morgan fingerprint density at radius 1 is 0.778 bits per heavy atom. The molecule has 1 aromatic carbocycles. The standard InChI is InChI=1S/C21H34Br2O3S/c1-2-3-4-5-6-7-8-9-10-11-12-13-14-18-26-27(24,25)20-17-15-16-19(22)21(20)23/h15-17H,2-14,18H2,1H3. The van der Waals surface area contributed by atoms with E-state index >= 15 is 0 Å². The van der Waals surface area contributed by atoms with Gasteiger partial charge in [0.15, 0.2) is 0 Å². The summed E-state index contributed by atoms with van der Waals surface area (Å²) in [6.45, 7) is 2.51. The quantitative estimate of drug-likeness (QED) is 0.162. The fourth-order valence-corrected chi connectivity index (χ4v) is 5.42. The van der Waals surface area contributed by atoms with Crippen molar-refractivity contribution in [2.75, 3.05) is 6.61 Å². The molecule has 1 rings (SSSR count). The van der Waals surface area contributed by atoms with Gasteiger partial charge in [-0.2, -0.15) is 8.42 Å². The summed E-state index contributed by atoms with van der Waals surface area (Å²) >= 11 is 6.61. The van der Waals surface area contributed by atoms with Crippen molar-refractivity contribution >= 4 is 42.0 Å². The summed E-state index contributed by atoms with van der Waals surface area (Å²) in [5.41, 5.74) is 0. The van der Waals surface area contributed by atoms with Crippen LogP contribution in [-0.2, 0) is 14.3 Å². The molecule has 27 heavy (non-hydrogen) atoms. The lowest BCUT2D eigenvalue weighted by Crippen LogP contribution is -2.08. The Morgan fingerprint density at radius 2 is 1.26 bits per heavy atom. The summed E-state index contributed by atoms with van der Waals surface area (Å²) in [5, 5.41) is 0. The predicted octanol–water partition coefficient (Wildman–Crippen LogP) is 8.01. The summed E-state index contributed by atoms with van der Waals surface area (Å²) in [6.07, 6.45) is 16.4. The second kappa shape index (κ2) is 15.0. The Hall–Kier alpha value is 0.0900. The first-order valence-corrected chi connectivity index (χ1v) is 13.3. The van der Waals surface area contributed by atoms with E-state index in [0.717, 1.165) is 19.3 Å². The molecule has 0 bridgehead atoms. The molecule has 0 amide bonds. The topological polar surface area (TPSA) is 43.4 Å². The minimum Gasteiger partial charge on any atom is -0.266 e. The number of rotatable bonds is 16. The summed E-state index contributed by atoms with van der Waals surface area (Å²) in [4.78, 5) is 0.173. The van der Waals surface area contributed by atoms with Crippen molar-refractivity contribution in [2.45, 2.75) is 95.3 Å². The smallest absolute Gasteiger partial charge is 0.266 e. The van der Waals surface area contributed by atoms with Crippen LogP contribution < -0.4 is 0 Å². The monoisotopic (exact) mass is 524 g/mol. The molecule has 0 aliphatic carbocycles. The van der Waals surface area contributed by atoms with Crippen LogP contribution in [0.4, 0.5) is 0 Å². The molecule has 0 spiro atoms. The SMILES string of the molecule is CCCCCCCCCCCCCCCOS(=O)(=O)c1cccc(Br)c1Br. The van der Waals surface area contributed by atoms with Crippen LogP contribution in [0.5, 0.6) is 0 Å². The van der Waals surface area contributed by atoms with Crippen LogP contribution in [0, 0.1) is 0 Å². The maximum absolute atomic E-state index is 12.3. The summed E-state index contributed by atoms with van der Waals surface area (Å²) in [6, 6.07) is 5.03. The number of halogens is 2. The van der Waals surface area contributed by atoms with E-state index in [1.165, 1.54) is 64.2 Å². The number of unbranched alkanes of at least 4 members (excludes halogenated alkanes) is 12. The van der Waals surface area contributed by atoms with Crippen LogP contribution in [0.15, 0.2) is 32.0 Å². The molecule has 0 fully saturated rings. The van der Waals surface area contributed by atoms with Crippen molar-refractivity contribution < 1.29 is 12.6 Å². The molecule has 0 saturated heterocycles. The molecule has 6 heteroatoms. The lowest BCUT2D eigenvalue weighted by Gasteiger charge is -2.08. The average Bonchev–Trinajstić information content (AvgIpc) is 2.64. The average molecular weight is 526 g/mol. The van der Waals surface area contributed by atoms with E-state index in [1.54, 1.807) is 18.2 Å². The molecule has 0 aliphatic heterocycles. The molecule has 0 aliphatic rings. The van der Waals surface area contributed by atoms with Crippen molar-refractivity contribution in [1.82, 2.24) is 0 Å². The van der Waals surface area contributed by atoms with Gasteiger partial charge in [-0.05, 0) is 50.4 Å². The third-order valence-corrected chi connectivity index (χ3v) is 8.34. The predicted molar refractivity (Wildman–Crippen MR) is 121 cm³/mol. The van der Waals surface area contributed by atoms with Crippen molar-refractivity contribution in [1.29, 1.82) is 0 Å². The van der Waals surface area contributed by atoms with Gasteiger partial charge < -0.3 is 0 Å². The van der Waals surface area contributed by atoms with E-state index < -0.39 is 10.1 Å². The highest BCUT2D eigenvalue weighted by molar-refractivity contribution is 9.13. The van der Waals surface area contributed by atoms with Gasteiger partial charge in [0.1, 0.15) is 4.90 Å². The number of hydrogen-bond acceptors (Lipinski definition) is 3. The second-order valence-corrected chi connectivity index (χ2v) is 10.3. The van der Waals surface area contributed by atoms with Gasteiger partial charge in [0.2, 0.25) is 0 Å². The lowest BCUT2D eigenvalue weighted by atomic mass is 10.0. The lowest BCUT2D eigenvalue weighted by molar-refractivity contribution is 0.306. The van der Waals surface area contributed by atoms with E-state index in [4.69, 9.17) is 4.18 Å². The maximum atomic E-state index is 12.3. The summed E-state index contributed by atoms with van der Waals surface area (Å²) in [7, 11) is -3.71. The van der Waals surface area contributed by atoms with Gasteiger partial charge in [-0.25, -0.2) is 0 Å². The Bertz CT molecular complexity index is 618. The molecule has 0 atom stereocenters. The molecule has 0 unspecified atom stereocenters. The zero-order chi connectivity index (χ0) is 20.0. The van der Waals surface area contributed by atoms with Gasteiger partial charge >= 0.3 is 0 Å².